The smallest absolute Gasteiger partial charge is 0.363 e. The van der Waals surface area contributed by atoms with Crippen LogP contribution in [0.1, 0.15) is 11.1 Å². The van der Waals surface area contributed by atoms with Crippen molar-refractivity contribution in [3.8, 4) is 17.2 Å². The Bertz CT molecular complexity index is 848. The van der Waals surface area contributed by atoms with Gasteiger partial charge in [0.15, 0.2) is 5.70 Å². The number of carbonyl (C=O) groups excluding carboxylic acids is 1. The summed E-state index contributed by atoms with van der Waals surface area (Å²) in [4.78, 5) is 16.4. The highest BCUT2D eigenvalue weighted by Crippen LogP contribution is 2.26. The van der Waals surface area contributed by atoms with Crippen molar-refractivity contribution in [2.45, 2.75) is 0 Å². The number of esters is 1. The standard InChI is InChI=1S/C19H17NO5/c1-22-14-6-4-5-13(10-14)18-20-17(19(21)25-18)9-12-7-15(23-2)11-16(8-12)24-3/h4-11H,1-3H3/b17-9+. The van der Waals surface area contributed by atoms with Gasteiger partial charge >= 0.3 is 5.97 Å². The van der Waals surface area contributed by atoms with Crippen LogP contribution in [0.15, 0.2) is 53.2 Å². The van der Waals surface area contributed by atoms with Crippen molar-refractivity contribution in [1.82, 2.24) is 0 Å². The number of cyclic esters (lactones) is 1. The van der Waals surface area contributed by atoms with Gasteiger partial charge in [-0.25, -0.2) is 9.79 Å². The highest BCUT2D eigenvalue weighted by Gasteiger charge is 2.24. The summed E-state index contributed by atoms with van der Waals surface area (Å²) < 4.78 is 20.9. The number of aliphatic imine (C=N–C) groups is 1. The maximum Gasteiger partial charge on any atom is 0.363 e. The quantitative estimate of drug-likeness (QED) is 0.619. The topological polar surface area (TPSA) is 66.3 Å². The van der Waals surface area contributed by atoms with Crippen LogP contribution in [-0.2, 0) is 9.53 Å². The molecule has 2 aromatic rings. The van der Waals surface area contributed by atoms with Crippen molar-refractivity contribution in [2.75, 3.05) is 21.3 Å². The Balaban J connectivity index is 1.95. The lowest BCUT2D eigenvalue weighted by Gasteiger charge is -2.05. The van der Waals surface area contributed by atoms with E-state index in [1.165, 1.54) is 0 Å². The van der Waals surface area contributed by atoms with Crippen LogP contribution in [0, 0.1) is 0 Å². The molecule has 1 heterocycles. The normalized spacial score (nSPS) is 14.9. The van der Waals surface area contributed by atoms with E-state index in [1.54, 1.807) is 69.9 Å². The van der Waals surface area contributed by atoms with Crippen LogP contribution < -0.4 is 14.2 Å². The van der Waals surface area contributed by atoms with E-state index in [1.807, 2.05) is 0 Å². The maximum atomic E-state index is 12.1. The molecule has 0 aromatic heterocycles. The zero-order chi connectivity index (χ0) is 17.8. The third-order valence-corrected chi connectivity index (χ3v) is 3.61. The second kappa shape index (κ2) is 7.09. The molecule has 0 bridgehead atoms. The van der Waals surface area contributed by atoms with Gasteiger partial charge in [-0.15, -0.1) is 0 Å². The average molecular weight is 339 g/mol. The van der Waals surface area contributed by atoms with Gasteiger partial charge < -0.3 is 18.9 Å². The van der Waals surface area contributed by atoms with Crippen LogP contribution in [0.2, 0.25) is 0 Å². The van der Waals surface area contributed by atoms with Crippen LogP contribution in [0.5, 0.6) is 17.2 Å². The number of methoxy groups -OCH3 is 3. The first kappa shape index (κ1) is 16.6. The third-order valence-electron chi connectivity index (χ3n) is 3.61. The number of nitrogens with zero attached hydrogens (tertiary/aromatic N) is 1. The number of rotatable bonds is 5. The summed E-state index contributed by atoms with van der Waals surface area (Å²) in [6.45, 7) is 0. The second-order valence-corrected chi connectivity index (χ2v) is 5.21. The van der Waals surface area contributed by atoms with Crippen molar-refractivity contribution < 1.29 is 23.7 Å². The van der Waals surface area contributed by atoms with E-state index in [-0.39, 0.29) is 11.6 Å². The van der Waals surface area contributed by atoms with Gasteiger partial charge in [-0.05, 0) is 42.0 Å². The molecule has 0 fully saturated rings. The van der Waals surface area contributed by atoms with E-state index < -0.39 is 5.97 Å². The predicted octanol–water partition coefficient (Wildman–Crippen LogP) is 3.06. The Morgan fingerprint density at radius 1 is 0.920 bits per heavy atom. The van der Waals surface area contributed by atoms with E-state index in [2.05, 4.69) is 4.99 Å². The molecule has 0 atom stereocenters. The van der Waals surface area contributed by atoms with E-state index in [9.17, 15) is 4.79 Å². The highest BCUT2D eigenvalue weighted by molar-refractivity contribution is 6.13. The van der Waals surface area contributed by atoms with Crippen molar-refractivity contribution in [3.63, 3.8) is 0 Å². The molecule has 2 aromatic carbocycles. The molecule has 6 heteroatoms. The fraction of sp³-hybridized carbons (Fsp3) is 0.158. The summed E-state index contributed by atoms with van der Waals surface area (Å²) in [7, 11) is 4.70. The first-order valence-electron chi connectivity index (χ1n) is 7.53. The van der Waals surface area contributed by atoms with Gasteiger partial charge in [-0.3, -0.25) is 0 Å². The molecular formula is C19H17NO5. The van der Waals surface area contributed by atoms with Gasteiger partial charge in [0, 0.05) is 11.6 Å². The van der Waals surface area contributed by atoms with Crippen molar-refractivity contribution >= 4 is 17.9 Å². The summed E-state index contributed by atoms with van der Waals surface area (Å²) in [5, 5.41) is 0. The van der Waals surface area contributed by atoms with Gasteiger partial charge in [-0.2, -0.15) is 0 Å². The molecule has 0 unspecified atom stereocenters. The second-order valence-electron chi connectivity index (χ2n) is 5.21. The Hall–Kier alpha value is -3.28. The number of ether oxygens (including phenoxy) is 4. The van der Waals surface area contributed by atoms with Crippen molar-refractivity contribution in [3.05, 3.63) is 59.3 Å². The molecule has 1 aliphatic heterocycles. The number of carbonyl (C=O) groups is 1. The van der Waals surface area contributed by atoms with Gasteiger partial charge in [0.05, 0.1) is 21.3 Å². The molecule has 25 heavy (non-hydrogen) atoms. The summed E-state index contributed by atoms with van der Waals surface area (Å²) in [5.74, 6) is 1.62. The Labute approximate surface area is 145 Å². The minimum absolute atomic E-state index is 0.202. The fourth-order valence-corrected chi connectivity index (χ4v) is 2.36. The van der Waals surface area contributed by atoms with Crippen LogP contribution in [0.4, 0.5) is 0 Å². The van der Waals surface area contributed by atoms with E-state index in [0.29, 0.717) is 22.8 Å². The lowest BCUT2D eigenvalue weighted by atomic mass is 10.1. The molecule has 0 saturated heterocycles. The zero-order valence-corrected chi connectivity index (χ0v) is 14.1. The molecule has 0 amide bonds. The van der Waals surface area contributed by atoms with E-state index in [0.717, 1.165) is 5.56 Å². The third kappa shape index (κ3) is 3.63. The lowest BCUT2D eigenvalue weighted by Crippen LogP contribution is -2.05. The first-order chi connectivity index (χ1) is 12.1. The molecule has 0 radical (unpaired) electrons. The highest BCUT2D eigenvalue weighted by atomic mass is 16.6. The van der Waals surface area contributed by atoms with Gasteiger partial charge in [0.1, 0.15) is 17.2 Å². The van der Waals surface area contributed by atoms with E-state index >= 15 is 0 Å². The van der Waals surface area contributed by atoms with Crippen LogP contribution >= 0.6 is 0 Å². The Morgan fingerprint density at radius 2 is 1.60 bits per heavy atom. The first-order valence-corrected chi connectivity index (χ1v) is 7.53. The minimum atomic E-state index is -0.514. The Morgan fingerprint density at radius 3 is 2.24 bits per heavy atom. The predicted molar refractivity (Wildman–Crippen MR) is 93.1 cm³/mol. The maximum absolute atomic E-state index is 12.1. The molecule has 3 rings (SSSR count). The Kier molecular flexibility index (Phi) is 4.70. The number of hydrogen-bond acceptors (Lipinski definition) is 6. The summed E-state index contributed by atoms with van der Waals surface area (Å²) in [5.41, 5.74) is 1.59. The fourth-order valence-electron chi connectivity index (χ4n) is 2.36. The summed E-state index contributed by atoms with van der Waals surface area (Å²) in [6, 6.07) is 12.5. The minimum Gasteiger partial charge on any atom is -0.497 e. The molecule has 6 nitrogen and oxygen atoms in total. The largest absolute Gasteiger partial charge is 0.497 e. The van der Waals surface area contributed by atoms with E-state index in [4.69, 9.17) is 18.9 Å². The molecule has 0 spiro atoms. The number of hydrogen-bond donors (Lipinski definition) is 0. The summed E-state index contributed by atoms with van der Waals surface area (Å²) >= 11 is 0. The summed E-state index contributed by atoms with van der Waals surface area (Å²) in [6.07, 6.45) is 1.63. The molecule has 1 aliphatic rings. The average Bonchev–Trinajstić information content (AvgIpc) is 3.02. The molecule has 0 N–H and O–H groups in total. The molecular weight excluding hydrogens is 322 g/mol. The molecule has 128 valence electrons. The van der Waals surface area contributed by atoms with Crippen LogP contribution in [-0.4, -0.2) is 33.2 Å². The molecule has 0 saturated carbocycles. The van der Waals surface area contributed by atoms with Crippen LogP contribution in [0.3, 0.4) is 0 Å². The molecule has 0 aliphatic carbocycles. The zero-order valence-electron chi connectivity index (χ0n) is 14.1. The van der Waals surface area contributed by atoms with Gasteiger partial charge in [0.25, 0.3) is 0 Å². The van der Waals surface area contributed by atoms with Crippen molar-refractivity contribution in [2.24, 2.45) is 4.99 Å². The van der Waals surface area contributed by atoms with Gasteiger partial charge in [0.2, 0.25) is 5.90 Å². The van der Waals surface area contributed by atoms with Crippen molar-refractivity contribution in [1.29, 1.82) is 0 Å². The van der Waals surface area contributed by atoms with Crippen LogP contribution in [0.25, 0.3) is 6.08 Å². The monoisotopic (exact) mass is 339 g/mol. The lowest BCUT2D eigenvalue weighted by molar-refractivity contribution is -0.129. The number of benzene rings is 2. The van der Waals surface area contributed by atoms with Gasteiger partial charge in [-0.1, -0.05) is 6.07 Å². The SMILES string of the molecule is COc1cc(/C=C2/N=C(c3cccc(OC)c3)OC2=O)cc(OC)c1.